The number of nitrogens with one attached hydrogen (secondary N) is 2. The first-order valence-electron chi connectivity index (χ1n) is 10.1. The van der Waals surface area contributed by atoms with E-state index in [1.807, 2.05) is 0 Å². The van der Waals surface area contributed by atoms with E-state index >= 15 is 0 Å². The molecule has 2 aliphatic heterocycles. The molecule has 0 aromatic heterocycles. The zero-order chi connectivity index (χ0) is 19.1. The normalized spacial score (nSPS) is 25.6. The number of sulfone groups is 1. The Morgan fingerprint density at radius 2 is 2.04 bits per heavy atom. The number of hydrogen-bond donors (Lipinski definition) is 2. The molecule has 2 fully saturated rings. The van der Waals surface area contributed by atoms with Crippen molar-refractivity contribution in [3.05, 3.63) is 35.9 Å². The molecule has 2 atom stereocenters. The SMILES string of the molecule is CCNC(=NCC1CCS(=O)(=O)C1)NCC1CCCN1Cc1ccccc1. The van der Waals surface area contributed by atoms with Crippen molar-refractivity contribution in [2.75, 3.05) is 37.7 Å². The van der Waals surface area contributed by atoms with Crippen LogP contribution in [0.3, 0.4) is 0 Å². The molecule has 6 nitrogen and oxygen atoms in total. The van der Waals surface area contributed by atoms with Crippen molar-refractivity contribution in [2.24, 2.45) is 10.9 Å². The summed E-state index contributed by atoms with van der Waals surface area (Å²) >= 11 is 0. The third-order valence-electron chi connectivity index (χ3n) is 5.41. The van der Waals surface area contributed by atoms with E-state index in [1.165, 1.54) is 18.4 Å². The van der Waals surface area contributed by atoms with Gasteiger partial charge in [0.05, 0.1) is 11.5 Å². The van der Waals surface area contributed by atoms with Crippen LogP contribution in [0.1, 0.15) is 31.7 Å². The third-order valence-corrected chi connectivity index (χ3v) is 7.25. The molecule has 0 bridgehead atoms. The molecule has 0 aliphatic carbocycles. The molecular weight excluding hydrogens is 360 g/mol. The summed E-state index contributed by atoms with van der Waals surface area (Å²) in [5.41, 5.74) is 1.35. The monoisotopic (exact) mass is 392 g/mol. The van der Waals surface area contributed by atoms with Crippen LogP contribution in [0.5, 0.6) is 0 Å². The van der Waals surface area contributed by atoms with Crippen LogP contribution in [-0.4, -0.2) is 63.0 Å². The highest BCUT2D eigenvalue weighted by atomic mass is 32.2. The fraction of sp³-hybridized carbons (Fsp3) is 0.650. The highest BCUT2D eigenvalue weighted by Crippen LogP contribution is 2.20. The van der Waals surface area contributed by atoms with Crippen LogP contribution in [0.2, 0.25) is 0 Å². The predicted molar refractivity (Wildman–Crippen MR) is 111 cm³/mol. The molecule has 27 heavy (non-hydrogen) atoms. The van der Waals surface area contributed by atoms with E-state index in [1.54, 1.807) is 0 Å². The molecular formula is C20H32N4O2S. The van der Waals surface area contributed by atoms with Gasteiger partial charge in [0.1, 0.15) is 0 Å². The Morgan fingerprint density at radius 3 is 2.74 bits per heavy atom. The molecule has 0 radical (unpaired) electrons. The Balaban J connectivity index is 1.51. The van der Waals surface area contributed by atoms with Crippen LogP contribution in [0.4, 0.5) is 0 Å². The van der Waals surface area contributed by atoms with Crippen molar-refractivity contribution < 1.29 is 8.42 Å². The fourth-order valence-electron chi connectivity index (χ4n) is 3.95. The zero-order valence-corrected chi connectivity index (χ0v) is 17.0. The molecule has 3 rings (SSSR count). The smallest absolute Gasteiger partial charge is 0.191 e. The number of guanidine groups is 1. The van der Waals surface area contributed by atoms with Crippen LogP contribution >= 0.6 is 0 Å². The van der Waals surface area contributed by atoms with Gasteiger partial charge in [-0.1, -0.05) is 30.3 Å². The van der Waals surface area contributed by atoms with Crippen LogP contribution in [0, 0.1) is 5.92 Å². The Morgan fingerprint density at radius 1 is 1.22 bits per heavy atom. The molecule has 150 valence electrons. The lowest BCUT2D eigenvalue weighted by molar-refractivity contribution is 0.245. The minimum atomic E-state index is -2.83. The second kappa shape index (κ2) is 9.55. The lowest BCUT2D eigenvalue weighted by atomic mass is 10.1. The third kappa shape index (κ3) is 6.21. The summed E-state index contributed by atoms with van der Waals surface area (Å²) < 4.78 is 23.2. The van der Waals surface area contributed by atoms with E-state index in [2.05, 4.69) is 57.8 Å². The molecule has 2 N–H and O–H groups in total. The summed E-state index contributed by atoms with van der Waals surface area (Å²) in [5.74, 6) is 1.55. The molecule has 2 heterocycles. The highest BCUT2D eigenvalue weighted by Gasteiger charge is 2.28. The van der Waals surface area contributed by atoms with Gasteiger partial charge in [-0.25, -0.2) is 8.42 Å². The van der Waals surface area contributed by atoms with Gasteiger partial charge < -0.3 is 10.6 Å². The minimum absolute atomic E-state index is 0.159. The molecule has 2 saturated heterocycles. The van der Waals surface area contributed by atoms with Crippen molar-refractivity contribution in [3.63, 3.8) is 0 Å². The average molecular weight is 393 g/mol. The maximum Gasteiger partial charge on any atom is 0.191 e. The number of likely N-dealkylation sites (tertiary alicyclic amines) is 1. The van der Waals surface area contributed by atoms with Gasteiger partial charge in [0.25, 0.3) is 0 Å². The zero-order valence-electron chi connectivity index (χ0n) is 16.2. The lowest BCUT2D eigenvalue weighted by Crippen LogP contribution is -2.45. The average Bonchev–Trinajstić information content (AvgIpc) is 3.24. The molecule has 0 saturated carbocycles. The Kier molecular flexibility index (Phi) is 7.13. The minimum Gasteiger partial charge on any atom is -0.357 e. The van der Waals surface area contributed by atoms with E-state index < -0.39 is 9.84 Å². The molecule has 1 aromatic carbocycles. The summed E-state index contributed by atoms with van der Waals surface area (Å²) in [6, 6.07) is 11.1. The van der Waals surface area contributed by atoms with Crippen LogP contribution < -0.4 is 10.6 Å². The van der Waals surface area contributed by atoms with E-state index in [9.17, 15) is 8.42 Å². The quantitative estimate of drug-likeness (QED) is 0.545. The number of nitrogens with zero attached hydrogens (tertiary/aromatic N) is 2. The van der Waals surface area contributed by atoms with E-state index in [0.717, 1.165) is 38.6 Å². The second-order valence-corrected chi connectivity index (χ2v) is 9.85. The maximum atomic E-state index is 11.6. The standard InChI is InChI=1S/C20H32N4O2S/c1-2-21-20(22-13-18-10-12-27(25,26)16-18)23-14-19-9-6-11-24(19)15-17-7-4-3-5-8-17/h3-5,7-8,18-19H,2,6,9-16H2,1H3,(H2,21,22,23). The van der Waals surface area contributed by atoms with Crippen LogP contribution in [0.25, 0.3) is 0 Å². The van der Waals surface area contributed by atoms with Crippen LogP contribution in [0.15, 0.2) is 35.3 Å². The van der Waals surface area contributed by atoms with Crippen molar-refractivity contribution in [3.8, 4) is 0 Å². The van der Waals surface area contributed by atoms with Gasteiger partial charge >= 0.3 is 0 Å². The lowest BCUT2D eigenvalue weighted by Gasteiger charge is -2.25. The first-order valence-corrected chi connectivity index (χ1v) is 11.9. The topological polar surface area (TPSA) is 73.8 Å². The Labute approximate surface area is 163 Å². The molecule has 2 unspecified atom stereocenters. The molecule has 0 amide bonds. The molecule has 2 aliphatic rings. The van der Waals surface area contributed by atoms with Gasteiger partial charge in [0.2, 0.25) is 0 Å². The molecule has 7 heteroatoms. The van der Waals surface area contributed by atoms with E-state index in [0.29, 0.717) is 18.3 Å². The number of hydrogen-bond acceptors (Lipinski definition) is 4. The van der Waals surface area contributed by atoms with Gasteiger partial charge in [0, 0.05) is 32.2 Å². The van der Waals surface area contributed by atoms with Crippen molar-refractivity contribution in [1.29, 1.82) is 0 Å². The highest BCUT2D eigenvalue weighted by molar-refractivity contribution is 7.91. The van der Waals surface area contributed by atoms with Gasteiger partial charge in [-0.15, -0.1) is 0 Å². The predicted octanol–water partition coefficient (Wildman–Crippen LogP) is 1.64. The first-order chi connectivity index (χ1) is 13.1. The van der Waals surface area contributed by atoms with E-state index in [4.69, 9.17) is 0 Å². The molecule has 0 spiro atoms. The summed E-state index contributed by atoms with van der Waals surface area (Å²) in [6.45, 7) is 6.41. The Bertz CT molecular complexity index is 721. The van der Waals surface area contributed by atoms with Crippen molar-refractivity contribution in [1.82, 2.24) is 15.5 Å². The fourth-order valence-corrected chi connectivity index (χ4v) is 5.79. The maximum absolute atomic E-state index is 11.6. The summed E-state index contributed by atoms with van der Waals surface area (Å²) in [4.78, 5) is 7.18. The van der Waals surface area contributed by atoms with Gasteiger partial charge in [-0.3, -0.25) is 9.89 Å². The summed E-state index contributed by atoms with van der Waals surface area (Å²) in [7, 11) is -2.83. The van der Waals surface area contributed by atoms with Crippen molar-refractivity contribution >= 4 is 15.8 Å². The second-order valence-electron chi connectivity index (χ2n) is 7.62. The number of benzene rings is 1. The molecule has 1 aromatic rings. The summed E-state index contributed by atoms with van der Waals surface area (Å²) in [6.07, 6.45) is 3.16. The number of aliphatic imine (C=N–C) groups is 1. The van der Waals surface area contributed by atoms with E-state index in [-0.39, 0.29) is 11.7 Å². The largest absolute Gasteiger partial charge is 0.357 e. The van der Waals surface area contributed by atoms with Gasteiger partial charge in [0.15, 0.2) is 15.8 Å². The number of rotatable bonds is 7. The van der Waals surface area contributed by atoms with Crippen molar-refractivity contribution in [2.45, 2.75) is 38.8 Å². The van der Waals surface area contributed by atoms with Gasteiger partial charge in [-0.2, -0.15) is 0 Å². The Hall–Kier alpha value is -1.60. The van der Waals surface area contributed by atoms with Gasteiger partial charge in [-0.05, 0) is 44.2 Å². The first kappa shape index (κ1) is 20.1. The van der Waals surface area contributed by atoms with Crippen LogP contribution in [-0.2, 0) is 16.4 Å². The summed E-state index contributed by atoms with van der Waals surface area (Å²) in [5, 5.41) is 6.76.